The minimum atomic E-state index is -3.87. The van der Waals surface area contributed by atoms with Crippen molar-refractivity contribution in [2.45, 2.75) is 31.4 Å². The first kappa shape index (κ1) is 17.4. The fourth-order valence-corrected chi connectivity index (χ4v) is 5.37. The third-order valence-corrected chi connectivity index (χ3v) is 7.88. The number of rotatable bonds is 4. The lowest BCUT2D eigenvalue weighted by molar-refractivity contribution is 0.256. The van der Waals surface area contributed by atoms with Gasteiger partial charge in [-0.15, -0.1) is 11.3 Å². The Kier molecular flexibility index (Phi) is 5.25. The summed E-state index contributed by atoms with van der Waals surface area (Å²) >= 11 is 5.68. The zero-order valence-electron chi connectivity index (χ0n) is 12.1. The predicted octanol–water partition coefficient (Wildman–Crippen LogP) is 3.66. The number of hydrogen-bond acceptors (Lipinski definition) is 6. The Morgan fingerprint density at radius 2 is 2.05 bits per heavy atom. The number of hydrogen-bond donors (Lipinski definition) is 2. The van der Waals surface area contributed by atoms with E-state index in [1.54, 1.807) is 13.0 Å². The summed E-state index contributed by atoms with van der Waals surface area (Å²) in [4.78, 5) is 16.9. The molecule has 0 spiro atoms. The molecule has 6 nitrogen and oxygen atoms in total. The van der Waals surface area contributed by atoms with E-state index in [4.69, 9.17) is 0 Å². The summed E-state index contributed by atoms with van der Waals surface area (Å²) in [7, 11) is -3.87. The van der Waals surface area contributed by atoms with E-state index in [1.165, 1.54) is 22.7 Å². The summed E-state index contributed by atoms with van der Waals surface area (Å²) in [6.45, 7) is 5.59. The van der Waals surface area contributed by atoms with Crippen LogP contribution in [0.15, 0.2) is 14.1 Å². The van der Waals surface area contributed by atoms with Crippen LogP contribution in [-0.2, 0) is 16.4 Å². The van der Waals surface area contributed by atoms with Crippen LogP contribution in [0.2, 0.25) is 0 Å². The number of nitrogens with zero attached hydrogens (tertiary/aromatic N) is 1. The Bertz CT molecular complexity index is 791. The number of aromatic nitrogens is 1. The first-order valence-electron chi connectivity index (χ1n) is 6.29. The fourth-order valence-electron chi connectivity index (χ4n) is 1.70. The summed E-state index contributed by atoms with van der Waals surface area (Å²) in [6.07, 6.45) is 0.755. The number of anilines is 1. The van der Waals surface area contributed by atoms with Gasteiger partial charge >= 0.3 is 6.03 Å². The number of thiophene rings is 1. The summed E-state index contributed by atoms with van der Waals surface area (Å²) < 4.78 is 27.3. The first-order valence-corrected chi connectivity index (χ1v) is 10.2. The predicted molar refractivity (Wildman–Crippen MR) is 92.3 cm³/mol. The molecule has 2 rings (SSSR count). The second-order valence-corrected chi connectivity index (χ2v) is 9.83. The monoisotopic (exact) mass is 423 g/mol. The summed E-state index contributed by atoms with van der Waals surface area (Å²) in [6, 6.07) is 0.744. The van der Waals surface area contributed by atoms with Crippen molar-refractivity contribution in [3.8, 4) is 0 Å². The number of sulfonamides is 1. The summed E-state index contributed by atoms with van der Waals surface area (Å²) in [5.74, 6) is 0. The van der Waals surface area contributed by atoms with Crippen LogP contribution in [0.5, 0.6) is 0 Å². The van der Waals surface area contributed by atoms with Gasteiger partial charge in [0.05, 0.1) is 9.48 Å². The highest BCUT2D eigenvalue weighted by atomic mass is 79.9. The minimum absolute atomic E-state index is 0.133. The van der Waals surface area contributed by atoms with Crippen molar-refractivity contribution in [1.82, 2.24) is 9.71 Å². The quantitative estimate of drug-likeness (QED) is 0.784. The molecule has 0 saturated heterocycles. The Balaban J connectivity index is 2.12. The zero-order valence-corrected chi connectivity index (χ0v) is 16.1. The molecule has 22 heavy (non-hydrogen) atoms. The molecule has 2 aromatic heterocycles. The molecule has 10 heteroatoms. The van der Waals surface area contributed by atoms with Crippen molar-refractivity contribution in [2.75, 3.05) is 5.32 Å². The Hall–Kier alpha value is -0.970. The van der Waals surface area contributed by atoms with Crippen molar-refractivity contribution in [3.63, 3.8) is 0 Å². The second-order valence-electron chi connectivity index (χ2n) is 4.46. The average molecular weight is 424 g/mol. The molecule has 2 heterocycles. The van der Waals surface area contributed by atoms with Gasteiger partial charge in [-0.05, 0) is 47.8 Å². The first-order chi connectivity index (χ1) is 10.2. The summed E-state index contributed by atoms with van der Waals surface area (Å²) in [5.41, 5.74) is 1.64. The van der Waals surface area contributed by atoms with E-state index in [2.05, 4.69) is 26.2 Å². The van der Waals surface area contributed by atoms with Crippen molar-refractivity contribution in [3.05, 3.63) is 26.0 Å². The topological polar surface area (TPSA) is 88.2 Å². The standard InChI is InChI=1S/C12H14BrN3O3S3/c1-4-8-6(2)5-9(20-8)22(18,19)16-11(17)15-12-14-7(3)10(13)21-12/h5H,4H2,1-3H3,(H2,14,15,16,17). The Morgan fingerprint density at radius 3 is 2.55 bits per heavy atom. The number of urea groups is 1. The average Bonchev–Trinajstić information content (AvgIpc) is 2.92. The Labute approximate surface area is 145 Å². The van der Waals surface area contributed by atoms with Crippen LogP contribution in [0.1, 0.15) is 23.1 Å². The van der Waals surface area contributed by atoms with Crippen LogP contribution in [0.3, 0.4) is 0 Å². The maximum Gasteiger partial charge on any atom is 0.334 e. The fraction of sp³-hybridized carbons (Fsp3) is 0.333. The highest BCUT2D eigenvalue weighted by Gasteiger charge is 2.21. The molecule has 0 bridgehead atoms. The highest BCUT2D eigenvalue weighted by molar-refractivity contribution is 9.11. The van der Waals surface area contributed by atoms with Gasteiger partial charge in [0.25, 0.3) is 10.0 Å². The van der Waals surface area contributed by atoms with E-state index >= 15 is 0 Å². The van der Waals surface area contributed by atoms with Crippen molar-refractivity contribution in [2.24, 2.45) is 0 Å². The van der Waals surface area contributed by atoms with Gasteiger partial charge in [-0.1, -0.05) is 18.3 Å². The van der Waals surface area contributed by atoms with Crippen LogP contribution in [0.4, 0.5) is 9.93 Å². The molecule has 0 aliphatic rings. The third-order valence-electron chi connectivity index (χ3n) is 2.77. The number of carbonyl (C=O) groups excluding carboxylic acids is 1. The van der Waals surface area contributed by atoms with E-state index in [9.17, 15) is 13.2 Å². The molecule has 2 amide bonds. The molecule has 120 valence electrons. The van der Waals surface area contributed by atoms with E-state index in [1.807, 2.05) is 18.6 Å². The molecule has 0 unspecified atom stereocenters. The van der Waals surface area contributed by atoms with Crippen molar-refractivity contribution < 1.29 is 13.2 Å². The largest absolute Gasteiger partial charge is 0.334 e. The van der Waals surface area contributed by atoms with E-state index < -0.39 is 16.1 Å². The zero-order chi connectivity index (χ0) is 16.5. The van der Waals surface area contributed by atoms with Crippen molar-refractivity contribution >= 4 is 59.8 Å². The van der Waals surface area contributed by atoms with Gasteiger partial charge in [-0.2, -0.15) is 0 Å². The van der Waals surface area contributed by atoms with E-state index in [0.29, 0.717) is 5.13 Å². The van der Waals surface area contributed by atoms with Gasteiger partial charge in [-0.3, -0.25) is 5.32 Å². The molecule has 2 N–H and O–H groups in total. The van der Waals surface area contributed by atoms with Crippen LogP contribution in [-0.4, -0.2) is 19.4 Å². The van der Waals surface area contributed by atoms with Crippen LogP contribution in [0.25, 0.3) is 0 Å². The van der Waals surface area contributed by atoms with Gasteiger partial charge < -0.3 is 0 Å². The summed E-state index contributed by atoms with van der Waals surface area (Å²) in [5, 5.41) is 2.75. The normalized spacial score (nSPS) is 11.5. The molecule has 0 saturated carbocycles. The lowest BCUT2D eigenvalue weighted by Crippen LogP contribution is -2.33. The van der Waals surface area contributed by atoms with Gasteiger partial charge in [0.2, 0.25) is 0 Å². The van der Waals surface area contributed by atoms with E-state index in [-0.39, 0.29) is 4.21 Å². The molecule has 0 aliphatic carbocycles. The van der Waals surface area contributed by atoms with Gasteiger partial charge in [0.15, 0.2) is 5.13 Å². The number of nitrogens with one attached hydrogen (secondary N) is 2. The molecular formula is C12H14BrN3O3S3. The van der Waals surface area contributed by atoms with Gasteiger partial charge in [-0.25, -0.2) is 22.9 Å². The number of amides is 2. The number of halogens is 1. The number of carbonyl (C=O) groups is 1. The van der Waals surface area contributed by atoms with Crippen LogP contribution >= 0.6 is 38.6 Å². The number of thiazole rings is 1. The van der Waals surface area contributed by atoms with E-state index in [0.717, 1.165) is 26.3 Å². The third kappa shape index (κ3) is 3.86. The SMILES string of the molecule is CCc1sc(S(=O)(=O)NC(=O)Nc2nc(C)c(Br)s2)cc1C. The van der Waals surface area contributed by atoms with Crippen molar-refractivity contribution in [1.29, 1.82) is 0 Å². The smallest absolute Gasteiger partial charge is 0.283 e. The highest BCUT2D eigenvalue weighted by Crippen LogP contribution is 2.28. The number of aryl methyl sites for hydroxylation is 3. The molecular weight excluding hydrogens is 410 g/mol. The molecule has 0 fully saturated rings. The van der Waals surface area contributed by atoms with Crippen LogP contribution in [0, 0.1) is 13.8 Å². The van der Waals surface area contributed by atoms with Gasteiger partial charge in [0, 0.05) is 4.88 Å². The molecule has 0 aliphatic heterocycles. The Morgan fingerprint density at radius 1 is 1.36 bits per heavy atom. The molecule has 0 radical (unpaired) electrons. The van der Waals surface area contributed by atoms with Gasteiger partial charge in [0.1, 0.15) is 4.21 Å². The maximum absolute atomic E-state index is 12.2. The lowest BCUT2D eigenvalue weighted by Gasteiger charge is -2.04. The molecule has 0 aromatic carbocycles. The van der Waals surface area contributed by atoms with Crippen LogP contribution < -0.4 is 10.0 Å². The lowest BCUT2D eigenvalue weighted by atomic mass is 10.2. The maximum atomic E-state index is 12.2. The minimum Gasteiger partial charge on any atom is -0.283 e. The second kappa shape index (κ2) is 6.65. The molecule has 2 aromatic rings. The molecule has 0 atom stereocenters.